The number of allylic oxidation sites excluding steroid dienone is 4. The number of ether oxygens (including phenoxy) is 2. The fourth-order valence-corrected chi connectivity index (χ4v) is 3.01. The molecule has 0 fully saturated rings. The largest absolute Gasteiger partial charge is 0.499 e. The molecular weight excluding hydrogens is 469 g/mol. The average Bonchev–Trinajstić information content (AvgIpc) is 2.71. The molecule has 0 aromatic rings. The van der Waals surface area contributed by atoms with Gasteiger partial charge in [-0.05, 0) is 13.0 Å². The summed E-state index contributed by atoms with van der Waals surface area (Å²) in [6.45, 7) is 1.00. The highest BCUT2D eigenvalue weighted by Crippen LogP contribution is 2.27. The van der Waals surface area contributed by atoms with Gasteiger partial charge in [0.05, 0.1) is 18.8 Å². The maximum atomic E-state index is 12.7. The second kappa shape index (κ2) is 12.8. The Labute approximate surface area is 189 Å². The van der Waals surface area contributed by atoms with Crippen molar-refractivity contribution in [3.63, 3.8) is 0 Å². The lowest BCUT2D eigenvalue weighted by Gasteiger charge is -2.32. The highest BCUT2D eigenvalue weighted by Gasteiger charge is 2.47. The van der Waals surface area contributed by atoms with Crippen molar-refractivity contribution in [3.05, 3.63) is 60.8 Å². The summed E-state index contributed by atoms with van der Waals surface area (Å²) >= 11 is 0. The maximum absolute atomic E-state index is 12.7. The lowest BCUT2D eigenvalue weighted by Crippen LogP contribution is -2.43. The molecular formula is C21H27F3O8S. The average molecular weight is 497 g/mol. The SMILES string of the molecule is C[C@@](O)(/C=C/[C@H]1CC=CC(=O)O1)[C@@H](C[C@@H](O)/C=C/C=C/C=C/CO)OCS(=O)(=O)C(F)(F)F. The van der Waals surface area contributed by atoms with Gasteiger partial charge in [-0.1, -0.05) is 48.6 Å². The number of hydrogen-bond acceptors (Lipinski definition) is 8. The molecule has 4 atom stereocenters. The molecule has 0 saturated carbocycles. The molecule has 0 bridgehead atoms. The molecule has 12 heteroatoms. The van der Waals surface area contributed by atoms with Crippen molar-refractivity contribution in [2.45, 2.75) is 49.2 Å². The Kier molecular flexibility index (Phi) is 11.2. The number of hydrogen-bond donors (Lipinski definition) is 3. The van der Waals surface area contributed by atoms with Gasteiger partial charge in [0.1, 0.15) is 11.7 Å². The summed E-state index contributed by atoms with van der Waals surface area (Å²) in [5, 5.41) is 29.6. The smallest absolute Gasteiger partial charge is 0.455 e. The van der Waals surface area contributed by atoms with Crippen molar-refractivity contribution in [1.82, 2.24) is 0 Å². The van der Waals surface area contributed by atoms with Gasteiger partial charge in [-0.15, -0.1) is 0 Å². The molecule has 0 radical (unpaired) electrons. The summed E-state index contributed by atoms with van der Waals surface area (Å²) in [6, 6.07) is 0. The summed E-state index contributed by atoms with van der Waals surface area (Å²) in [7, 11) is -5.64. The number of sulfone groups is 1. The third-order valence-electron chi connectivity index (χ3n) is 4.33. The van der Waals surface area contributed by atoms with Gasteiger partial charge in [-0.25, -0.2) is 13.2 Å². The van der Waals surface area contributed by atoms with Crippen LogP contribution in [0.2, 0.25) is 0 Å². The number of halogens is 3. The van der Waals surface area contributed by atoms with E-state index in [1.807, 2.05) is 0 Å². The van der Waals surface area contributed by atoms with Gasteiger partial charge in [-0.3, -0.25) is 0 Å². The molecule has 0 amide bonds. The first-order chi connectivity index (χ1) is 15.3. The van der Waals surface area contributed by atoms with Crippen molar-refractivity contribution in [3.8, 4) is 0 Å². The minimum absolute atomic E-state index is 0.157. The number of rotatable bonds is 12. The highest BCUT2D eigenvalue weighted by atomic mass is 32.2. The zero-order chi connectivity index (χ0) is 25.1. The predicted octanol–water partition coefficient (Wildman–Crippen LogP) is 1.85. The van der Waals surface area contributed by atoms with Crippen molar-refractivity contribution < 1.29 is 51.2 Å². The van der Waals surface area contributed by atoms with Gasteiger partial charge in [-0.2, -0.15) is 13.2 Å². The van der Waals surface area contributed by atoms with Gasteiger partial charge in [0, 0.05) is 18.9 Å². The summed E-state index contributed by atoms with van der Waals surface area (Å²) in [6.07, 6.45) is 10.1. The molecule has 0 saturated heterocycles. The molecule has 0 aliphatic carbocycles. The summed E-state index contributed by atoms with van der Waals surface area (Å²) in [5.41, 5.74) is -7.57. The quantitative estimate of drug-likeness (QED) is 0.212. The van der Waals surface area contributed by atoms with E-state index in [1.54, 1.807) is 6.08 Å². The molecule has 1 rings (SSSR count). The van der Waals surface area contributed by atoms with E-state index >= 15 is 0 Å². The van der Waals surface area contributed by atoms with Crippen molar-refractivity contribution >= 4 is 15.8 Å². The van der Waals surface area contributed by atoms with Crippen LogP contribution in [-0.4, -0.2) is 71.7 Å². The second-order valence-corrected chi connectivity index (χ2v) is 9.14. The molecule has 0 aromatic carbocycles. The van der Waals surface area contributed by atoms with E-state index < -0.39 is 57.6 Å². The number of aliphatic hydroxyl groups excluding tert-OH is 2. The Morgan fingerprint density at radius 3 is 2.55 bits per heavy atom. The monoisotopic (exact) mass is 496 g/mol. The Balaban J connectivity index is 2.98. The standard InChI is InChI=1S/C21H27F3O8S/c1-20(28,12-11-17-9-7-10-19(27)32-17)18(31-15-33(29,30)21(22,23)24)14-16(26)8-5-3-2-4-6-13-25/h2-8,10-12,16-18,25-26,28H,9,13-15H2,1H3/b3-2+,6-4+,8-5+,12-11+/t16-,17+,18+,20+/m0/s1. The van der Waals surface area contributed by atoms with Crippen LogP contribution in [0, 0.1) is 0 Å². The molecule has 0 spiro atoms. The Morgan fingerprint density at radius 2 is 1.94 bits per heavy atom. The van der Waals surface area contributed by atoms with Crippen LogP contribution in [0.3, 0.4) is 0 Å². The minimum atomic E-state index is -5.64. The van der Waals surface area contributed by atoms with Crippen molar-refractivity contribution in [2.24, 2.45) is 0 Å². The summed E-state index contributed by atoms with van der Waals surface area (Å²) in [4.78, 5) is 11.3. The normalized spacial score (nSPS) is 21.8. The zero-order valence-corrected chi connectivity index (χ0v) is 18.6. The van der Waals surface area contributed by atoms with E-state index in [-0.39, 0.29) is 6.61 Å². The van der Waals surface area contributed by atoms with Crippen LogP contribution in [0.15, 0.2) is 60.8 Å². The van der Waals surface area contributed by atoms with Crippen LogP contribution in [0.1, 0.15) is 19.8 Å². The Bertz CT molecular complexity index is 886. The number of esters is 1. The Hall–Kier alpha value is -2.25. The Morgan fingerprint density at radius 1 is 1.27 bits per heavy atom. The van der Waals surface area contributed by atoms with Crippen LogP contribution in [-0.2, 0) is 24.1 Å². The number of carbonyl (C=O) groups is 1. The van der Waals surface area contributed by atoms with Crippen molar-refractivity contribution in [1.29, 1.82) is 0 Å². The molecule has 1 aliphatic rings. The lowest BCUT2D eigenvalue weighted by molar-refractivity contribution is -0.141. The molecule has 8 nitrogen and oxygen atoms in total. The third kappa shape index (κ3) is 10.5. The van der Waals surface area contributed by atoms with Crippen LogP contribution in [0.4, 0.5) is 13.2 Å². The first-order valence-electron chi connectivity index (χ1n) is 9.77. The topological polar surface area (TPSA) is 130 Å². The van der Waals surface area contributed by atoms with Gasteiger partial charge in [0.15, 0.2) is 5.94 Å². The van der Waals surface area contributed by atoms with Crippen LogP contribution >= 0.6 is 0 Å². The molecule has 3 N–H and O–H groups in total. The molecule has 1 heterocycles. The summed E-state index contributed by atoms with van der Waals surface area (Å²) in [5.74, 6) is -2.36. The van der Waals surface area contributed by atoms with Crippen LogP contribution in [0.25, 0.3) is 0 Å². The summed E-state index contributed by atoms with van der Waals surface area (Å²) < 4.78 is 70.7. The first kappa shape index (κ1) is 28.8. The van der Waals surface area contributed by atoms with Gasteiger partial charge >= 0.3 is 11.5 Å². The van der Waals surface area contributed by atoms with E-state index in [0.717, 1.165) is 13.0 Å². The van der Waals surface area contributed by atoms with E-state index in [0.29, 0.717) is 6.42 Å². The minimum Gasteiger partial charge on any atom is -0.455 e. The highest BCUT2D eigenvalue weighted by molar-refractivity contribution is 7.92. The molecule has 0 aromatic heterocycles. The first-order valence-corrected chi connectivity index (χ1v) is 11.4. The van der Waals surface area contributed by atoms with E-state index in [9.17, 15) is 36.6 Å². The van der Waals surface area contributed by atoms with E-state index in [2.05, 4.69) is 0 Å². The fourth-order valence-electron chi connectivity index (χ4n) is 2.53. The zero-order valence-electron chi connectivity index (χ0n) is 17.8. The molecule has 0 unspecified atom stereocenters. The van der Waals surface area contributed by atoms with E-state index in [4.69, 9.17) is 14.6 Å². The molecule has 186 valence electrons. The predicted molar refractivity (Wildman–Crippen MR) is 113 cm³/mol. The fraction of sp³-hybridized carbons (Fsp3) is 0.476. The van der Waals surface area contributed by atoms with E-state index in [1.165, 1.54) is 48.6 Å². The van der Waals surface area contributed by atoms with Gasteiger partial charge in [0.25, 0.3) is 9.84 Å². The molecule has 33 heavy (non-hydrogen) atoms. The van der Waals surface area contributed by atoms with Crippen LogP contribution < -0.4 is 0 Å². The lowest BCUT2D eigenvalue weighted by atomic mass is 9.92. The number of aliphatic hydroxyl groups is 3. The number of cyclic esters (lactones) is 1. The van der Waals surface area contributed by atoms with Gasteiger partial charge < -0.3 is 24.8 Å². The van der Waals surface area contributed by atoms with Gasteiger partial charge in [0.2, 0.25) is 0 Å². The van der Waals surface area contributed by atoms with Crippen LogP contribution in [0.5, 0.6) is 0 Å². The number of alkyl halides is 3. The maximum Gasteiger partial charge on any atom is 0.499 e. The number of carbonyl (C=O) groups excluding carboxylic acids is 1. The second-order valence-electron chi connectivity index (χ2n) is 7.22. The molecule has 1 aliphatic heterocycles. The third-order valence-corrected chi connectivity index (χ3v) is 5.48. The van der Waals surface area contributed by atoms with Crippen molar-refractivity contribution in [2.75, 3.05) is 12.5 Å².